The third-order valence-electron chi connectivity index (χ3n) is 3.40. The van der Waals surface area contributed by atoms with Crippen molar-refractivity contribution in [2.24, 2.45) is 0 Å². The van der Waals surface area contributed by atoms with Crippen molar-refractivity contribution in [1.29, 1.82) is 0 Å². The Hall–Kier alpha value is -0.190. The van der Waals surface area contributed by atoms with Crippen LogP contribution in [0.3, 0.4) is 0 Å². The smallest absolute Gasteiger partial charge is 0.0702 e. The van der Waals surface area contributed by atoms with Crippen LogP contribution in [0.2, 0.25) is 0 Å². The van der Waals surface area contributed by atoms with E-state index in [0.29, 0.717) is 4.75 Å². The Morgan fingerprint density at radius 1 is 1.39 bits per heavy atom. The number of anilines is 1. The summed E-state index contributed by atoms with van der Waals surface area (Å²) in [7, 11) is 0. The Morgan fingerprint density at radius 2 is 2.17 bits per heavy atom. The van der Waals surface area contributed by atoms with Gasteiger partial charge < -0.3 is 10.0 Å². The van der Waals surface area contributed by atoms with Gasteiger partial charge in [0.15, 0.2) is 0 Å². The zero-order valence-corrected chi connectivity index (χ0v) is 13.4. The molecule has 0 aromatic heterocycles. The van der Waals surface area contributed by atoms with Gasteiger partial charge in [0.25, 0.3) is 0 Å². The molecule has 0 bridgehead atoms. The van der Waals surface area contributed by atoms with E-state index in [0.717, 1.165) is 28.9 Å². The van der Waals surface area contributed by atoms with Crippen molar-refractivity contribution in [2.45, 2.75) is 31.6 Å². The van der Waals surface area contributed by atoms with Crippen LogP contribution < -0.4 is 4.90 Å². The molecule has 0 radical (unpaired) electrons. The van der Waals surface area contributed by atoms with Crippen molar-refractivity contribution in [1.82, 2.24) is 0 Å². The number of nitrogens with zero attached hydrogens (tertiary/aromatic N) is 1. The molecule has 0 saturated carbocycles. The van der Waals surface area contributed by atoms with Gasteiger partial charge in [0.05, 0.1) is 6.61 Å². The van der Waals surface area contributed by atoms with E-state index in [1.807, 2.05) is 23.9 Å². The van der Waals surface area contributed by atoms with Crippen molar-refractivity contribution < 1.29 is 5.11 Å². The predicted molar refractivity (Wildman–Crippen MR) is 83.4 cm³/mol. The molecule has 1 heterocycles. The van der Waals surface area contributed by atoms with Gasteiger partial charge in [0.2, 0.25) is 0 Å². The Kier molecular flexibility index (Phi) is 4.62. The van der Waals surface area contributed by atoms with E-state index < -0.39 is 0 Å². The van der Waals surface area contributed by atoms with Gasteiger partial charge in [-0.05, 0) is 18.6 Å². The summed E-state index contributed by atoms with van der Waals surface area (Å²) in [5, 5.41) is 9.47. The number of hydrogen-bond acceptors (Lipinski definition) is 3. The minimum atomic E-state index is 0.107. The van der Waals surface area contributed by atoms with Crippen LogP contribution >= 0.6 is 27.7 Å². The van der Waals surface area contributed by atoms with Gasteiger partial charge in [-0.15, -0.1) is 0 Å². The maximum absolute atomic E-state index is 9.47. The molecule has 0 spiro atoms. The van der Waals surface area contributed by atoms with Crippen LogP contribution in [0.25, 0.3) is 0 Å². The Balaban J connectivity index is 2.23. The van der Waals surface area contributed by atoms with E-state index in [-0.39, 0.29) is 6.61 Å². The van der Waals surface area contributed by atoms with Crippen molar-refractivity contribution >= 4 is 33.4 Å². The maximum Gasteiger partial charge on any atom is 0.0702 e. The number of hydrogen-bond donors (Lipinski definition) is 1. The highest BCUT2D eigenvalue weighted by Gasteiger charge is 2.24. The summed E-state index contributed by atoms with van der Waals surface area (Å²) < 4.78 is 1.44. The molecule has 0 aliphatic carbocycles. The first kappa shape index (κ1) is 14.2. The lowest BCUT2D eigenvalue weighted by atomic mass is 10.1. The van der Waals surface area contributed by atoms with Crippen molar-refractivity contribution in [2.75, 3.05) is 23.7 Å². The highest BCUT2D eigenvalue weighted by Crippen LogP contribution is 2.34. The molecule has 1 N–H and O–H groups in total. The largest absolute Gasteiger partial charge is 0.392 e. The number of aliphatic hydroxyl groups is 1. The van der Waals surface area contributed by atoms with Gasteiger partial charge >= 0.3 is 0 Å². The molecular weight excluding hydrogens is 310 g/mol. The Labute approximate surface area is 122 Å². The van der Waals surface area contributed by atoms with Crippen molar-refractivity contribution in [3.05, 3.63) is 28.2 Å². The summed E-state index contributed by atoms with van der Waals surface area (Å²) in [6.07, 6.45) is 1.18. The first-order valence-corrected chi connectivity index (χ1v) is 8.08. The van der Waals surface area contributed by atoms with Crippen molar-refractivity contribution in [3.8, 4) is 0 Å². The van der Waals surface area contributed by atoms with Gasteiger partial charge in [-0.25, -0.2) is 0 Å². The number of thioether (sulfide) groups is 1. The van der Waals surface area contributed by atoms with Gasteiger partial charge in [-0.3, -0.25) is 0 Å². The van der Waals surface area contributed by atoms with E-state index >= 15 is 0 Å². The topological polar surface area (TPSA) is 23.5 Å². The number of benzene rings is 1. The summed E-state index contributed by atoms with van der Waals surface area (Å²) in [5.74, 6) is 1.14. The van der Waals surface area contributed by atoms with E-state index in [2.05, 4.69) is 40.7 Å². The quantitative estimate of drug-likeness (QED) is 0.895. The SMILES string of the molecule is CC1(C)CCN(c2cc(Br)ccc2CO)CCS1. The summed E-state index contributed by atoms with van der Waals surface area (Å²) in [4.78, 5) is 2.40. The van der Waals surface area contributed by atoms with Crippen LogP contribution in [0.4, 0.5) is 5.69 Å². The standard InChI is InChI=1S/C14H20BrNOS/c1-14(2)5-6-16(7-8-18-14)13-9-12(15)4-3-11(13)10-17/h3-4,9,17H,5-8,10H2,1-2H3. The van der Waals surface area contributed by atoms with Gasteiger partial charge in [-0.2, -0.15) is 11.8 Å². The van der Waals surface area contributed by atoms with Crippen LogP contribution in [-0.2, 0) is 6.61 Å². The summed E-state index contributed by atoms with van der Waals surface area (Å²) in [6.45, 7) is 6.85. The van der Waals surface area contributed by atoms with Gasteiger partial charge in [-0.1, -0.05) is 35.8 Å². The molecule has 0 amide bonds. The second kappa shape index (κ2) is 5.85. The van der Waals surface area contributed by atoms with Crippen LogP contribution in [0.5, 0.6) is 0 Å². The normalized spacial score (nSPS) is 19.7. The highest BCUT2D eigenvalue weighted by atomic mass is 79.9. The third kappa shape index (κ3) is 3.43. The van der Waals surface area contributed by atoms with E-state index in [1.165, 1.54) is 12.1 Å². The first-order chi connectivity index (χ1) is 8.52. The fourth-order valence-corrected chi connectivity index (χ4v) is 3.68. The van der Waals surface area contributed by atoms with Gasteiger partial charge in [0, 0.05) is 39.3 Å². The molecule has 2 nitrogen and oxygen atoms in total. The molecule has 18 heavy (non-hydrogen) atoms. The van der Waals surface area contributed by atoms with Crippen LogP contribution in [0.15, 0.2) is 22.7 Å². The molecule has 1 aliphatic heterocycles. The second-order valence-corrected chi connectivity index (χ2v) is 7.99. The first-order valence-electron chi connectivity index (χ1n) is 6.30. The fourth-order valence-electron chi connectivity index (χ4n) is 2.23. The summed E-state index contributed by atoms with van der Waals surface area (Å²) >= 11 is 5.56. The highest BCUT2D eigenvalue weighted by molar-refractivity contribution is 9.10. The zero-order valence-electron chi connectivity index (χ0n) is 10.9. The van der Waals surface area contributed by atoms with Crippen LogP contribution in [-0.4, -0.2) is 28.7 Å². The number of rotatable bonds is 2. The number of aliphatic hydroxyl groups excluding tert-OH is 1. The minimum Gasteiger partial charge on any atom is -0.392 e. The second-order valence-electron chi connectivity index (χ2n) is 5.28. The summed E-state index contributed by atoms with van der Waals surface area (Å²) in [6, 6.07) is 6.11. The van der Waals surface area contributed by atoms with Gasteiger partial charge in [0.1, 0.15) is 0 Å². The molecule has 0 unspecified atom stereocenters. The third-order valence-corrected chi connectivity index (χ3v) is 5.26. The lowest BCUT2D eigenvalue weighted by molar-refractivity contribution is 0.282. The molecule has 2 rings (SSSR count). The molecule has 1 aliphatic rings. The Morgan fingerprint density at radius 3 is 2.89 bits per heavy atom. The molecule has 100 valence electrons. The average molecular weight is 330 g/mol. The minimum absolute atomic E-state index is 0.107. The lowest BCUT2D eigenvalue weighted by Gasteiger charge is -2.26. The predicted octanol–water partition coefficient (Wildman–Crippen LogP) is 3.66. The zero-order chi connectivity index (χ0) is 13.2. The number of halogens is 1. The molecule has 0 atom stereocenters. The Bertz CT molecular complexity index is 422. The summed E-state index contributed by atoms with van der Waals surface area (Å²) in [5.41, 5.74) is 2.19. The van der Waals surface area contributed by atoms with E-state index in [1.54, 1.807) is 0 Å². The molecule has 1 aromatic rings. The van der Waals surface area contributed by atoms with Crippen LogP contribution in [0, 0.1) is 0 Å². The monoisotopic (exact) mass is 329 g/mol. The molecule has 1 saturated heterocycles. The maximum atomic E-state index is 9.47. The molecule has 1 fully saturated rings. The lowest BCUT2D eigenvalue weighted by Crippen LogP contribution is -2.27. The van der Waals surface area contributed by atoms with Crippen molar-refractivity contribution in [3.63, 3.8) is 0 Å². The molecular formula is C14H20BrNOS. The fraction of sp³-hybridized carbons (Fsp3) is 0.571. The average Bonchev–Trinajstić information content (AvgIpc) is 2.50. The molecule has 4 heteroatoms. The van der Waals surface area contributed by atoms with E-state index in [9.17, 15) is 5.11 Å². The van der Waals surface area contributed by atoms with Crippen LogP contribution in [0.1, 0.15) is 25.8 Å². The molecule has 1 aromatic carbocycles. The van der Waals surface area contributed by atoms with E-state index in [4.69, 9.17) is 0 Å².